The highest BCUT2D eigenvalue weighted by Gasteiger charge is 2.27. The summed E-state index contributed by atoms with van der Waals surface area (Å²) in [5.74, 6) is -1.09. The van der Waals surface area contributed by atoms with Gasteiger partial charge < -0.3 is 15.4 Å². The Morgan fingerprint density at radius 3 is 2.38 bits per heavy atom. The third-order valence-electron chi connectivity index (χ3n) is 4.43. The maximum Gasteiger partial charge on any atom is 0.321 e. The molecular formula is C20H25N3O5S. The Balaban J connectivity index is 2.32. The zero-order chi connectivity index (χ0) is 21.6. The molecule has 8 nitrogen and oxygen atoms in total. The average molecular weight is 420 g/mol. The maximum absolute atomic E-state index is 12.9. The number of carbonyl (C=O) groups excluding carboxylic acids is 2. The quantitative estimate of drug-likeness (QED) is 0.634. The molecule has 0 aliphatic heterocycles. The molecule has 2 aromatic rings. The molecular weight excluding hydrogens is 394 g/mol. The van der Waals surface area contributed by atoms with Crippen molar-refractivity contribution in [1.82, 2.24) is 9.62 Å². The number of esters is 1. The molecule has 9 heteroatoms. The molecule has 0 radical (unpaired) electrons. The molecule has 0 heterocycles. The molecule has 1 unspecified atom stereocenters. The summed E-state index contributed by atoms with van der Waals surface area (Å²) in [5.41, 5.74) is 1.43. The molecule has 0 bridgehead atoms. The van der Waals surface area contributed by atoms with E-state index < -0.39 is 28.4 Å². The van der Waals surface area contributed by atoms with Gasteiger partial charge in [0.1, 0.15) is 11.4 Å². The molecule has 0 aliphatic rings. The van der Waals surface area contributed by atoms with Crippen molar-refractivity contribution in [1.29, 1.82) is 0 Å². The standard InChI is InChI=1S/C20H25N3O5S/c1-14(15-8-6-5-7-9-15)22-20(25)16-10-11-17(21-2)18(12-16)29(26,27)23(3)13-19(24)28-4/h5-12,14,21H,13H2,1-4H3,(H,22,25). The van der Waals surface area contributed by atoms with Gasteiger partial charge in [-0.05, 0) is 30.7 Å². The van der Waals surface area contributed by atoms with E-state index in [1.54, 1.807) is 7.05 Å². The van der Waals surface area contributed by atoms with Crippen LogP contribution >= 0.6 is 0 Å². The van der Waals surface area contributed by atoms with Crippen molar-refractivity contribution in [3.8, 4) is 0 Å². The first-order valence-electron chi connectivity index (χ1n) is 8.91. The number of nitrogens with one attached hydrogen (secondary N) is 2. The van der Waals surface area contributed by atoms with Gasteiger partial charge in [0.15, 0.2) is 0 Å². The van der Waals surface area contributed by atoms with Gasteiger partial charge in [0.25, 0.3) is 5.91 Å². The van der Waals surface area contributed by atoms with E-state index in [9.17, 15) is 18.0 Å². The second kappa shape index (κ2) is 9.53. The number of sulfonamides is 1. The first-order valence-corrected chi connectivity index (χ1v) is 10.4. The summed E-state index contributed by atoms with van der Waals surface area (Å²) in [4.78, 5) is 24.1. The van der Waals surface area contributed by atoms with Gasteiger partial charge in [-0.3, -0.25) is 9.59 Å². The van der Waals surface area contributed by atoms with Crippen LogP contribution in [0.25, 0.3) is 0 Å². The van der Waals surface area contributed by atoms with Crippen LogP contribution in [0.3, 0.4) is 0 Å². The number of rotatable bonds is 8. The summed E-state index contributed by atoms with van der Waals surface area (Å²) in [6.07, 6.45) is 0. The molecule has 29 heavy (non-hydrogen) atoms. The highest BCUT2D eigenvalue weighted by atomic mass is 32.2. The highest BCUT2D eigenvalue weighted by molar-refractivity contribution is 7.89. The van der Waals surface area contributed by atoms with Crippen LogP contribution in [-0.2, 0) is 19.6 Å². The van der Waals surface area contributed by atoms with Gasteiger partial charge in [0, 0.05) is 19.7 Å². The van der Waals surface area contributed by atoms with E-state index in [-0.39, 0.29) is 16.5 Å². The summed E-state index contributed by atoms with van der Waals surface area (Å²) < 4.78 is 31.3. The number of nitrogens with zero attached hydrogens (tertiary/aromatic N) is 1. The first-order chi connectivity index (χ1) is 13.7. The number of carbonyl (C=O) groups is 2. The predicted molar refractivity (Wildman–Crippen MR) is 110 cm³/mol. The smallest absolute Gasteiger partial charge is 0.321 e. The molecule has 0 aliphatic carbocycles. The van der Waals surface area contributed by atoms with E-state index in [2.05, 4.69) is 15.4 Å². The molecule has 2 aromatic carbocycles. The van der Waals surface area contributed by atoms with Gasteiger partial charge in [0.05, 0.1) is 18.8 Å². The number of methoxy groups -OCH3 is 1. The summed E-state index contributed by atoms with van der Waals surface area (Å²) in [6.45, 7) is 1.40. The molecule has 2 rings (SSSR count). The SMILES string of the molecule is CNc1ccc(C(=O)NC(C)c2ccccc2)cc1S(=O)(=O)N(C)CC(=O)OC. The van der Waals surface area contributed by atoms with E-state index in [1.165, 1.54) is 32.4 Å². The van der Waals surface area contributed by atoms with Crippen LogP contribution in [0.1, 0.15) is 28.9 Å². The van der Waals surface area contributed by atoms with Crippen LogP contribution in [0, 0.1) is 0 Å². The van der Waals surface area contributed by atoms with Crippen molar-refractivity contribution in [3.63, 3.8) is 0 Å². The lowest BCUT2D eigenvalue weighted by atomic mass is 10.1. The van der Waals surface area contributed by atoms with Gasteiger partial charge in [0.2, 0.25) is 10.0 Å². The Hall–Kier alpha value is -2.91. The predicted octanol–water partition coefficient (Wildman–Crippen LogP) is 2.01. The van der Waals surface area contributed by atoms with Crippen LogP contribution in [0.15, 0.2) is 53.4 Å². The summed E-state index contributed by atoms with van der Waals surface area (Å²) >= 11 is 0. The molecule has 1 amide bonds. The summed E-state index contributed by atoms with van der Waals surface area (Å²) in [5, 5.41) is 5.66. The number of hydrogen-bond donors (Lipinski definition) is 2. The molecule has 0 spiro atoms. The number of amides is 1. The fourth-order valence-electron chi connectivity index (χ4n) is 2.69. The highest BCUT2D eigenvalue weighted by Crippen LogP contribution is 2.25. The molecule has 0 saturated carbocycles. The third kappa shape index (κ3) is 5.33. The molecule has 0 aromatic heterocycles. The molecule has 1 atom stereocenters. The van der Waals surface area contributed by atoms with E-state index in [0.717, 1.165) is 9.87 Å². The third-order valence-corrected chi connectivity index (χ3v) is 6.27. The Morgan fingerprint density at radius 2 is 1.79 bits per heavy atom. The lowest BCUT2D eigenvalue weighted by molar-refractivity contribution is -0.140. The lowest BCUT2D eigenvalue weighted by Crippen LogP contribution is -2.33. The van der Waals surface area contributed by atoms with Crippen molar-refractivity contribution in [3.05, 3.63) is 59.7 Å². The van der Waals surface area contributed by atoms with Gasteiger partial charge in [-0.25, -0.2) is 8.42 Å². The van der Waals surface area contributed by atoms with Crippen LogP contribution in [-0.4, -0.2) is 52.3 Å². The molecule has 0 fully saturated rings. The summed E-state index contributed by atoms with van der Waals surface area (Å²) in [7, 11) is -0.00331. The molecule has 156 valence electrons. The molecule has 0 saturated heterocycles. The minimum absolute atomic E-state index is 0.105. The van der Waals surface area contributed by atoms with Crippen LogP contribution in [0.5, 0.6) is 0 Å². The fraction of sp³-hybridized carbons (Fsp3) is 0.300. The van der Waals surface area contributed by atoms with E-state index in [0.29, 0.717) is 5.69 Å². The Kier molecular flexibility index (Phi) is 7.35. The molecule has 2 N–H and O–H groups in total. The number of ether oxygens (including phenoxy) is 1. The maximum atomic E-state index is 12.9. The van der Waals surface area contributed by atoms with Crippen molar-refractivity contribution >= 4 is 27.6 Å². The zero-order valence-electron chi connectivity index (χ0n) is 16.8. The topological polar surface area (TPSA) is 105 Å². The minimum atomic E-state index is -4.03. The van der Waals surface area contributed by atoms with Gasteiger partial charge in [-0.1, -0.05) is 30.3 Å². The minimum Gasteiger partial charge on any atom is -0.468 e. The monoisotopic (exact) mass is 419 g/mol. The van der Waals surface area contributed by atoms with Crippen LogP contribution in [0.2, 0.25) is 0 Å². The number of benzene rings is 2. The van der Waals surface area contributed by atoms with Gasteiger partial charge >= 0.3 is 5.97 Å². The van der Waals surface area contributed by atoms with Crippen LogP contribution in [0.4, 0.5) is 5.69 Å². The van der Waals surface area contributed by atoms with Crippen LogP contribution < -0.4 is 10.6 Å². The fourth-order valence-corrected chi connectivity index (χ4v) is 4.02. The Morgan fingerprint density at radius 1 is 1.14 bits per heavy atom. The van der Waals surface area contributed by atoms with Crippen molar-refractivity contribution in [2.75, 3.05) is 33.1 Å². The van der Waals surface area contributed by atoms with E-state index in [4.69, 9.17) is 0 Å². The second-order valence-corrected chi connectivity index (χ2v) is 8.42. The van der Waals surface area contributed by atoms with Gasteiger partial charge in [-0.15, -0.1) is 0 Å². The number of anilines is 1. The first kappa shape index (κ1) is 22.4. The zero-order valence-corrected chi connectivity index (χ0v) is 17.6. The van der Waals surface area contributed by atoms with Gasteiger partial charge in [-0.2, -0.15) is 4.31 Å². The average Bonchev–Trinajstić information content (AvgIpc) is 2.73. The van der Waals surface area contributed by atoms with E-state index >= 15 is 0 Å². The largest absolute Gasteiger partial charge is 0.468 e. The van der Waals surface area contributed by atoms with Crippen molar-refractivity contribution in [2.45, 2.75) is 17.9 Å². The van der Waals surface area contributed by atoms with Crippen molar-refractivity contribution in [2.24, 2.45) is 0 Å². The number of likely N-dealkylation sites (N-methyl/N-ethyl adjacent to an activating group) is 1. The van der Waals surface area contributed by atoms with Crippen molar-refractivity contribution < 1.29 is 22.7 Å². The Bertz CT molecular complexity index is 977. The number of hydrogen-bond acceptors (Lipinski definition) is 6. The lowest BCUT2D eigenvalue weighted by Gasteiger charge is -2.19. The normalized spacial score (nSPS) is 12.3. The van der Waals surface area contributed by atoms with E-state index in [1.807, 2.05) is 37.3 Å². The summed E-state index contributed by atoms with van der Waals surface area (Å²) in [6, 6.07) is 13.5. The Labute approximate surface area is 170 Å². The second-order valence-electron chi connectivity index (χ2n) is 6.40.